The molecule has 0 saturated carbocycles. The third kappa shape index (κ3) is 3.79. The molecule has 2 aromatic rings. The number of thiophene rings is 1. The number of carboxylic acid groups (broad SMARTS) is 1. The predicted octanol–water partition coefficient (Wildman–Crippen LogP) is 2.38. The van der Waals surface area contributed by atoms with E-state index in [1.165, 1.54) is 17.4 Å². The molecule has 0 aromatic carbocycles. The van der Waals surface area contributed by atoms with E-state index in [-0.39, 0.29) is 11.7 Å². The topological polar surface area (TPSA) is 92.4 Å². The Morgan fingerprint density at radius 3 is 2.86 bits per heavy atom. The van der Waals surface area contributed by atoms with Gasteiger partial charge in [-0.2, -0.15) is 0 Å². The molecule has 2 heterocycles. The minimum absolute atomic E-state index is 0.201. The Morgan fingerprint density at radius 1 is 1.48 bits per heavy atom. The molecule has 6 nitrogen and oxygen atoms in total. The van der Waals surface area contributed by atoms with Crippen molar-refractivity contribution >= 4 is 29.3 Å². The second-order valence-corrected chi connectivity index (χ2v) is 5.30. The average molecular weight is 306 g/mol. The standard InChI is InChI=1S/C14H14N2O4S/c1-8-13(20-9(2)16-8)14(19)15-7-11-10(5-6-21-11)3-4-12(17)18/h3-6H,7H2,1-2H3,(H,15,19)(H,17,18)/b4-3+. The van der Waals surface area contributed by atoms with Gasteiger partial charge in [-0.25, -0.2) is 9.78 Å². The van der Waals surface area contributed by atoms with Crippen LogP contribution >= 0.6 is 11.3 Å². The molecule has 0 bridgehead atoms. The Morgan fingerprint density at radius 2 is 2.24 bits per heavy atom. The molecule has 0 unspecified atom stereocenters. The van der Waals surface area contributed by atoms with E-state index in [1.54, 1.807) is 19.9 Å². The summed E-state index contributed by atoms with van der Waals surface area (Å²) in [6, 6.07) is 1.80. The number of oxazole rings is 1. The van der Waals surface area contributed by atoms with Gasteiger partial charge >= 0.3 is 5.97 Å². The lowest BCUT2D eigenvalue weighted by Gasteiger charge is -2.03. The Bertz CT molecular complexity index is 700. The third-order valence-corrected chi connectivity index (χ3v) is 3.64. The van der Waals surface area contributed by atoms with Gasteiger partial charge in [-0.3, -0.25) is 4.79 Å². The summed E-state index contributed by atoms with van der Waals surface area (Å²) in [4.78, 5) is 27.4. The number of aryl methyl sites for hydroxylation is 2. The summed E-state index contributed by atoms with van der Waals surface area (Å²) in [5, 5.41) is 13.2. The summed E-state index contributed by atoms with van der Waals surface area (Å²) >= 11 is 1.44. The Hall–Kier alpha value is -2.41. The molecule has 7 heteroatoms. The van der Waals surface area contributed by atoms with Gasteiger partial charge in [-0.1, -0.05) is 0 Å². The van der Waals surface area contributed by atoms with Gasteiger partial charge in [-0.05, 0) is 30.0 Å². The van der Waals surface area contributed by atoms with Crippen LogP contribution in [0.3, 0.4) is 0 Å². The van der Waals surface area contributed by atoms with E-state index in [9.17, 15) is 9.59 Å². The Kier molecular flexibility index (Phi) is 4.54. The lowest BCUT2D eigenvalue weighted by atomic mass is 10.2. The number of rotatable bonds is 5. The highest BCUT2D eigenvalue weighted by Gasteiger charge is 2.16. The lowest BCUT2D eigenvalue weighted by Crippen LogP contribution is -2.22. The van der Waals surface area contributed by atoms with Gasteiger partial charge in [0.15, 0.2) is 5.89 Å². The van der Waals surface area contributed by atoms with Crippen LogP contribution in [0, 0.1) is 13.8 Å². The number of carbonyl (C=O) groups is 2. The number of aromatic nitrogens is 1. The first kappa shape index (κ1) is 15.0. The van der Waals surface area contributed by atoms with Crippen molar-refractivity contribution < 1.29 is 19.1 Å². The molecule has 2 rings (SSSR count). The number of hydrogen-bond donors (Lipinski definition) is 2. The Balaban J connectivity index is 2.04. The highest BCUT2D eigenvalue weighted by Crippen LogP contribution is 2.18. The minimum atomic E-state index is -1.01. The molecule has 0 aliphatic rings. The van der Waals surface area contributed by atoms with Crippen molar-refractivity contribution in [3.63, 3.8) is 0 Å². The van der Waals surface area contributed by atoms with Gasteiger partial charge in [0, 0.05) is 17.9 Å². The zero-order chi connectivity index (χ0) is 15.4. The minimum Gasteiger partial charge on any atom is -0.478 e. The molecule has 2 aromatic heterocycles. The summed E-state index contributed by atoms with van der Waals surface area (Å²) in [6.45, 7) is 3.68. The van der Waals surface area contributed by atoms with Crippen molar-refractivity contribution in [2.75, 3.05) is 0 Å². The Labute approximate surface area is 125 Å². The van der Waals surface area contributed by atoms with Crippen LogP contribution in [0.2, 0.25) is 0 Å². The van der Waals surface area contributed by atoms with E-state index in [0.29, 0.717) is 18.1 Å². The first-order chi connectivity index (χ1) is 9.97. The number of carbonyl (C=O) groups excluding carboxylic acids is 1. The first-order valence-electron chi connectivity index (χ1n) is 6.17. The summed E-state index contributed by atoms with van der Waals surface area (Å²) < 4.78 is 5.24. The maximum atomic E-state index is 12.0. The number of carboxylic acids is 1. The smallest absolute Gasteiger partial charge is 0.328 e. The van der Waals surface area contributed by atoms with E-state index in [2.05, 4.69) is 10.3 Å². The fourth-order valence-corrected chi connectivity index (χ4v) is 2.59. The SMILES string of the molecule is Cc1nc(C)c(C(=O)NCc2sccc2/C=C/C(=O)O)o1. The maximum Gasteiger partial charge on any atom is 0.328 e. The van der Waals surface area contributed by atoms with Crippen molar-refractivity contribution in [2.45, 2.75) is 20.4 Å². The van der Waals surface area contributed by atoms with Gasteiger partial charge < -0.3 is 14.8 Å². The quantitative estimate of drug-likeness (QED) is 0.827. The van der Waals surface area contributed by atoms with Crippen molar-refractivity contribution in [1.82, 2.24) is 10.3 Å². The molecule has 0 spiro atoms. The molecular formula is C14H14N2O4S. The third-order valence-electron chi connectivity index (χ3n) is 2.70. The molecule has 1 amide bonds. The normalized spacial score (nSPS) is 11.0. The average Bonchev–Trinajstić information content (AvgIpc) is 2.99. The van der Waals surface area contributed by atoms with Crippen molar-refractivity contribution in [1.29, 1.82) is 0 Å². The van der Waals surface area contributed by atoms with Crippen LogP contribution < -0.4 is 5.32 Å². The van der Waals surface area contributed by atoms with Gasteiger partial charge in [0.05, 0.1) is 12.2 Å². The monoisotopic (exact) mass is 306 g/mol. The summed E-state index contributed by atoms with van der Waals surface area (Å²) in [5.41, 5.74) is 1.32. The predicted molar refractivity (Wildman–Crippen MR) is 78.1 cm³/mol. The molecule has 2 N–H and O–H groups in total. The second-order valence-electron chi connectivity index (χ2n) is 4.30. The lowest BCUT2D eigenvalue weighted by molar-refractivity contribution is -0.131. The summed E-state index contributed by atoms with van der Waals surface area (Å²) in [5.74, 6) is -0.704. The van der Waals surface area contributed by atoms with E-state index in [0.717, 1.165) is 16.5 Å². The highest BCUT2D eigenvalue weighted by molar-refractivity contribution is 7.10. The molecule has 21 heavy (non-hydrogen) atoms. The van der Waals surface area contributed by atoms with Crippen LogP contribution in [0.1, 0.15) is 32.6 Å². The maximum absolute atomic E-state index is 12.0. The number of nitrogens with zero attached hydrogens (tertiary/aromatic N) is 1. The zero-order valence-electron chi connectivity index (χ0n) is 11.5. The summed E-state index contributed by atoms with van der Waals surface area (Å²) in [7, 11) is 0. The largest absolute Gasteiger partial charge is 0.478 e. The number of hydrogen-bond acceptors (Lipinski definition) is 5. The zero-order valence-corrected chi connectivity index (χ0v) is 12.4. The van der Waals surface area contributed by atoms with Crippen LogP contribution in [-0.2, 0) is 11.3 Å². The molecule has 0 saturated heterocycles. The molecule has 0 aliphatic carbocycles. The van der Waals surface area contributed by atoms with E-state index < -0.39 is 5.97 Å². The van der Waals surface area contributed by atoms with Gasteiger partial charge in [0.2, 0.25) is 5.76 Å². The van der Waals surface area contributed by atoms with Crippen molar-refractivity contribution in [2.24, 2.45) is 0 Å². The fourth-order valence-electron chi connectivity index (χ4n) is 1.79. The molecule has 0 aliphatic heterocycles. The van der Waals surface area contributed by atoms with Crippen molar-refractivity contribution in [3.05, 3.63) is 45.3 Å². The van der Waals surface area contributed by atoms with Gasteiger partial charge in [0.25, 0.3) is 5.91 Å². The van der Waals surface area contributed by atoms with Gasteiger partial charge in [0.1, 0.15) is 0 Å². The molecule has 0 fully saturated rings. The second kappa shape index (κ2) is 6.36. The molecule has 0 atom stereocenters. The van der Waals surface area contributed by atoms with Gasteiger partial charge in [-0.15, -0.1) is 11.3 Å². The van der Waals surface area contributed by atoms with Crippen LogP contribution in [0.15, 0.2) is 21.9 Å². The number of aliphatic carboxylic acids is 1. The highest BCUT2D eigenvalue weighted by atomic mass is 32.1. The van der Waals surface area contributed by atoms with E-state index >= 15 is 0 Å². The van der Waals surface area contributed by atoms with Crippen LogP contribution in [0.4, 0.5) is 0 Å². The van der Waals surface area contributed by atoms with Crippen LogP contribution in [-0.4, -0.2) is 22.0 Å². The fraction of sp³-hybridized carbons (Fsp3) is 0.214. The van der Waals surface area contributed by atoms with Crippen molar-refractivity contribution in [3.8, 4) is 0 Å². The summed E-state index contributed by atoms with van der Waals surface area (Å²) in [6.07, 6.45) is 2.57. The first-order valence-corrected chi connectivity index (χ1v) is 7.05. The number of nitrogens with one attached hydrogen (secondary N) is 1. The number of amides is 1. The molecule has 0 radical (unpaired) electrons. The molecule has 110 valence electrons. The van der Waals surface area contributed by atoms with Crippen LogP contribution in [0.5, 0.6) is 0 Å². The van der Waals surface area contributed by atoms with E-state index in [4.69, 9.17) is 9.52 Å². The van der Waals surface area contributed by atoms with E-state index in [1.807, 2.05) is 5.38 Å². The van der Waals surface area contributed by atoms with Crippen LogP contribution in [0.25, 0.3) is 6.08 Å². The molecular weight excluding hydrogens is 292 g/mol.